The van der Waals surface area contributed by atoms with E-state index in [0.717, 1.165) is 5.82 Å². The molecule has 0 saturated heterocycles. The molecule has 12 heavy (non-hydrogen) atoms. The molecule has 1 N–H and O–H groups in total. The molecular weight excluding hydrogens is 178 g/mol. The lowest BCUT2D eigenvalue weighted by molar-refractivity contribution is 0.367. The summed E-state index contributed by atoms with van der Waals surface area (Å²) < 4.78 is 4.98. The third kappa shape index (κ3) is 1.95. The van der Waals surface area contributed by atoms with Crippen molar-refractivity contribution < 1.29 is 4.52 Å². The third-order valence-electron chi connectivity index (χ3n) is 1.75. The highest BCUT2D eigenvalue weighted by Gasteiger charge is 2.28. The first kappa shape index (κ1) is 9.48. The summed E-state index contributed by atoms with van der Waals surface area (Å²) in [5, 5.41) is 6.83. The second-order valence-corrected chi connectivity index (χ2v) is 2.85. The highest BCUT2D eigenvalue weighted by atomic mass is 35.5. The molecule has 0 radical (unpaired) electrons. The topological polar surface area (TPSA) is 51.0 Å². The van der Waals surface area contributed by atoms with E-state index in [1.807, 2.05) is 7.05 Å². The molecule has 0 bridgehead atoms. The Kier molecular flexibility index (Phi) is 3.05. The molecule has 1 aromatic rings. The molecule has 0 atom stereocenters. The van der Waals surface area contributed by atoms with Gasteiger partial charge in [-0.3, -0.25) is 0 Å². The van der Waals surface area contributed by atoms with Gasteiger partial charge in [-0.05, 0) is 19.9 Å². The van der Waals surface area contributed by atoms with Crippen LogP contribution in [0.1, 0.15) is 30.5 Å². The van der Waals surface area contributed by atoms with Gasteiger partial charge in [-0.2, -0.15) is 4.98 Å². The summed E-state index contributed by atoms with van der Waals surface area (Å²) in [4.78, 5) is 4.22. The quantitative estimate of drug-likeness (QED) is 0.774. The summed E-state index contributed by atoms with van der Waals surface area (Å²) in [6.07, 6.45) is 2.44. The molecule has 5 heteroatoms. The molecule has 68 valence electrons. The van der Waals surface area contributed by atoms with Crippen LogP contribution in [0, 0.1) is 0 Å². The Labute approximate surface area is 77.1 Å². The number of nitrogens with one attached hydrogen (secondary N) is 1. The average Bonchev–Trinajstić information content (AvgIpc) is 2.75. The SMILES string of the molecule is CNCc1nc(C2CC2)no1.Cl. The van der Waals surface area contributed by atoms with Crippen molar-refractivity contribution >= 4 is 12.4 Å². The number of hydrogen-bond acceptors (Lipinski definition) is 4. The first-order chi connectivity index (χ1) is 5.40. The Hall–Kier alpha value is -0.610. The molecule has 1 saturated carbocycles. The van der Waals surface area contributed by atoms with E-state index in [1.165, 1.54) is 12.8 Å². The fraction of sp³-hybridized carbons (Fsp3) is 0.714. The second kappa shape index (κ2) is 3.87. The van der Waals surface area contributed by atoms with E-state index in [0.29, 0.717) is 18.4 Å². The Balaban J connectivity index is 0.000000720. The lowest BCUT2D eigenvalue weighted by atomic mass is 10.4. The number of halogens is 1. The summed E-state index contributed by atoms with van der Waals surface area (Å²) >= 11 is 0. The normalized spacial score (nSPS) is 15.8. The number of aromatic nitrogens is 2. The molecule has 0 unspecified atom stereocenters. The summed E-state index contributed by atoms with van der Waals surface area (Å²) in [6, 6.07) is 0. The number of hydrogen-bond donors (Lipinski definition) is 1. The largest absolute Gasteiger partial charge is 0.338 e. The van der Waals surface area contributed by atoms with Gasteiger partial charge in [-0.1, -0.05) is 5.16 Å². The zero-order valence-electron chi connectivity index (χ0n) is 6.91. The smallest absolute Gasteiger partial charge is 0.240 e. The maximum atomic E-state index is 4.98. The molecule has 1 aliphatic carbocycles. The standard InChI is InChI=1S/C7H11N3O.ClH/c1-8-4-6-9-7(10-11-6)5-2-3-5;/h5,8H,2-4H2,1H3;1H. The van der Waals surface area contributed by atoms with Crippen molar-refractivity contribution in [2.45, 2.75) is 25.3 Å². The van der Waals surface area contributed by atoms with Gasteiger partial charge in [0.1, 0.15) is 0 Å². The Morgan fingerprint density at radius 3 is 2.92 bits per heavy atom. The predicted molar refractivity (Wildman–Crippen MR) is 46.3 cm³/mol. The van der Waals surface area contributed by atoms with Crippen LogP contribution < -0.4 is 5.32 Å². The van der Waals surface area contributed by atoms with Crippen LogP contribution in [0.25, 0.3) is 0 Å². The summed E-state index contributed by atoms with van der Waals surface area (Å²) in [6.45, 7) is 0.666. The van der Waals surface area contributed by atoms with Crippen LogP contribution in [0.4, 0.5) is 0 Å². The predicted octanol–water partition coefficient (Wildman–Crippen LogP) is 1.09. The molecule has 0 amide bonds. The van der Waals surface area contributed by atoms with Crippen molar-refractivity contribution in [3.05, 3.63) is 11.7 Å². The van der Waals surface area contributed by atoms with E-state index in [-0.39, 0.29) is 12.4 Å². The maximum absolute atomic E-state index is 4.98. The van der Waals surface area contributed by atoms with Gasteiger partial charge in [0.05, 0.1) is 6.54 Å². The third-order valence-corrected chi connectivity index (χ3v) is 1.75. The van der Waals surface area contributed by atoms with Gasteiger partial charge in [0.15, 0.2) is 5.82 Å². The molecule has 2 rings (SSSR count). The zero-order valence-corrected chi connectivity index (χ0v) is 7.73. The van der Waals surface area contributed by atoms with Crippen molar-refractivity contribution in [3.8, 4) is 0 Å². The van der Waals surface area contributed by atoms with E-state index >= 15 is 0 Å². The molecule has 0 aliphatic heterocycles. The molecule has 4 nitrogen and oxygen atoms in total. The minimum atomic E-state index is 0. The molecular formula is C7H12ClN3O. The van der Waals surface area contributed by atoms with Gasteiger partial charge < -0.3 is 9.84 Å². The fourth-order valence-corrected chi connectivity index (χ4v) is 0.998. The lowest BCUT2D eigenvalue weighted by Gasteiger charge is -1.86. The van der Waals surface area contributed by atoms with E-state index in [2.05, 4.69) is 15.5 Å². The van der Waals surface area contributed by atoms with Crippen LogP contribution in [-0.4, -0.2) is 17.2 Å². The van der Waals surface area contributed by atoms with Crippen LogP contribution >= 0.6 is 12.4 Å². The van der Waals surface area contributed by atoms with Crippen LogP contribution in [-0.2, 0) is 6.54 Å². The minimum absolute atomic E-state index is 0. The number of rotatable bonds is 3. The first-order valence-corrected chi connectivity index (χ1v) is 3.87. The highest BCUT2D eigenvalue weighted by molar-refractivity contribution is 5.85. The van der Waals surface area contributed by atoms with Crippen LogP contribution in [0.15, 0.2) is 4.52 Å². The van der Waals surface area contributed by atoms with E-state index in [1.54, 1.807) is 0 Å². The van der Waals surface area contributed by atoms with Gasteiger partial charge in [0.2, 0.25) is 5.89 Å². The Morgan fingerprint density at radius 2 is 2.33 bits per heavy atom. The van der Waals surface area contributed by atoms with Crippen molar-refractivity contribution in [3.63, 3.8) is 0 Å². The highest BCUT2D eigenvalue weighted by Crippen LogP contribution is 2.37. The maximum Gasteiger partial charge on any atom is 0.240 e. The lowest BCUT2D eigenvalue weighted by Crippen LogP contribution is -2.05. The average molecular weight is 190 g/mol. The van der Waals surface area contributed by atoms with E-state index < -0.39 is 0 Å². The van der Waals surface area contributed by atoms with Gasteiger partial charge in [0.25, 0.3) is 0 Å². The Bertz CT molecular complexity index is 247. The first-order valence-electron chi connectivity index (χ1n) is 3.87. The molecule has 0 spiro atoms. The van der Waals surface area contributed by atoms with Gasteiger partial charge >= 0.3 is 0 Å². The van der Waals surface area contributed by atoms with Crippen molar-refractivity contribution in [1.82, 2.24) is 15.5 Å². The van der Waals surface area contributed by atoms with Crippen LogP contribution in [0.3, 0.4) is 0 Å². The molecule has 1 heterocycles. The van der Waals surface area contributed by atoms with Crippen molar-refractivity contribution in [2.75, 3.05) is 7.05 Å². The van der Waals surface area contributed by atoms with Crippen LogP contribution in [0.2, 0.25) is 0 Å². The Morgan fingerprint density at radius 1 is 1.58 bits per heavy atom. The summed E-state index contributed by atoms with van der Waals surface area (Å²) in [5.41, 5.74) is 0. The van der Waals surface area contributed by atoms with Crippen molar-refractivity contribution in [2.24, 2.45) is 0 Å². The fourth-order valence-electron chi connectivity index (χ4n) is 0.998. The number of nitrogens with zero attached hydrogens (tertiary/aromatic N) is 2. The van der Waals surface area contributed by atoms with E-state index in [9.17, 15) is 0 Å². The zero-order chi connectivity index (χ0) is 7.68. The molecule has 1 fully saturated rings. The molecule has 0 aromatic carbocycles. The molecule has 1 aromatic heterocycles. The minimum Gasteiger partial charge on any atom is -0.338 e. The monoisotopic (exact) mass is 189 g/mol. The van der Waals surface area contributed by atoms with Gasteiger partial charge in [-0.25, -0.2) is 0 Å². The van der Waals surface area contributed by atoms with Gasteiger partial charge in [-0.15, -0.1) is 12.4 Å². The van der Waals surface area contributed by atoms with Crippen LogP contribution in [0.5, 0.6) is 0 Å². The molecule has 1 aliphatic rings. The summed E-state index contributed by atoms with van der Waals surface area (Å²) in [5.74, 6) is 2.16. The van der Waals surface area contributed by atoms with Crippen molar-refractivity contribution in [1.29, 1.82) is 0 Å². The van der Waals surface area contributed by atoms with E-state index in [4.69, 9.17) is 4.52 Å². The summed E-state index contributed by atoms with van der Waals surface area (Å²) in [7, 11) is 1.86. The van der Waals surface area contributed by atoms with Gasteiger partial charge in [0, 0.05) is 5.92 Å². The second-order valence-electron chi connectivity index (χ2n) is 2.85.